The van der Waals surface area contributed by atoms with Crippen molar-refractivity contribution in [3.8, 4) is 5.75 Å². The van der Waals surface area contributed by atoms with Gasteiger partial charge in [-0.2, -0.15) is 0 Å². The maximum Gasteiger partial charge on any atom is 0.335 e. The molecule has 1 unspecified atom stereocenters. The van der Waals surface area contributed by atoms with Crippen LogP contribution in [0, 0.1) is 6.92 Å². The number of ether oxygens (including phenoxy) is 1. The van der Waals surface area contributed by atoms with Crippen LogP contribution in [0.2, 0.25) is 0 Å². The Kier molecular flexibility index (Phi) is 6.72. The number of anilines is 3. The highest BCUT2D eigenvalue weighted by Crippen LogP contribution is 2.31. The fourth-order valence-corrected chi connectivity index (χ4v) is 4.35. The molecule has 2 N–H and O–H groups in total. The highest BCUT2D eigenvalue weighted by atomic mass is 16.5. The van der Waals surface area contributed by atoms with Crippen molar-refractivity contribution in [2.45, 2.75) is 19.9 Å². The van der Waals surface area contributed by atoms with Gasteiger partial charge in [-0.25, -0.2) is 4.79 Å². The van der Waals surface area contributed by atoms with Crippen molar-refractivity contribution in [1.82, 2.24) is 0 Å². The fourth-order valence-electron chi connectivity index (χ4n) is 4.35. The smallest absolute Gasteiger partial charge is 0.335 e. The van der Waals surface area contributed by atoms with E-state index in [0.717, 1.165) is 25.3 Å². The lowest BCUT2D eigenvalue weighted by atomic mass is 10.1. The average Bonchev–Trinajstić information content (AvgIpc) is 2.84. The van der Waals surface area contributed by atoms with Crippen LogP contribution in [0.4, 0.5) is 17.1 Å². The quantitative estimate of drug-likeness (QED) is 0.558. The molecule has 1 fully saturated rings. The molecule has 1 aliphatic rings. The Morgan fingerprint density at radius 2 is 1.74 bits per heavy atom. The number of aromatic carboxylic acids is 1. The van der Waals surface area contributed by atoms with Crippen LogP contribution >= 0.6 is 0 Å². The van der Waals surface area contributed by atoms with Gasteiger partial charge in [0.15, 0.2) is 0 Å². The van der Waals surface area contributed by atoms with Crippen molar-refractivity contribution in [3.05, 3.63) is 83.4 Å². The maximum absolute atomic E-state index is 12.9. The molecule has 0 aromatic heterocycles. The standard InChI is InChI=1S/C27H29N3O4/c1-18-5-4-6-22(15-18)30-14-13-29(17-19(30)2)25-12-9-21(27(32)33)16-24(25)28-26(31)20-7-10-23(34-3)11-8-20/h4-12,15-16,19H,13-14,17H2,1-3H3,(H,28,31)(H,32,33). The fraction of sp³-hybridized carbons (Fsp3) is 0.259. The van der Waals surface area contributed by atoms with E-state index in [-0.39, 0.29) is 17.5 Å². The SMILES string of the molecule is COc1ccc(C(=O)Nc2cc(C(=O)O)ccc2N2CCN(c3cccc(C)c3)C(C)C2)cc1. The van der Waals surface area contributed by atoms with Crippen LogP contribution in [0.25, 0.3) is 0 Å². The first-order valence-electron chi connectivity index (χ1n) is 11.3. The van der Waals surface area contributed by atoms with Crippen molar-refractivity contribution < 1.29 is 19.4 Å². The van der Waals surface area contributed by atoms with E-state index in [1.807, 2.05) is 0 Å². The molecule has 1 saturated heterocycles. The third kappa shape index (κ3) is 4.98. The molecule has 1 heterocycles. The predicted molar refractivity (Wildman–Crippen MR) is 135 cm³/mol. The third-order valence-corrected chi connectivity index (χ3v) is 6.15. The molecular weight excluding hydrogens is 430 g/mol. The number of benzene rings is 3. The number of rotatable bonds is 6. The summed E-state index contributed by atoms with van der Waals surface area (Å²) in [6, 6.07) is 20.4. The van der Waals surface area contributed by atoms with E-state index in [1.165, 1.54) is 17.3 Å². The summed E-state index contributed by atoms with van der Waals surface area (Å²) in [6.07, 6.45) is 0. The van der Waals surface area contributed by atoms with E-state index >= 15 is 0 Å². The van der Waals surface area contributed by atoms with Gasteiger partial charge < -0.3 is 25.0 Å². The van der Waals surface area contributed by atoms with Gasteiger partial charge >= 0.3 is 5.97 Å². The molecule has 34 heavy (non-hydrogen) atoms. The average molecular weight is 460 g/mol. The normalized spacial score (nSPS) is 15.7. The van der Waals surface area contributed by atoms with E-state index in [4.69, 9.17) is 4.74 Å². The number of carbonyl (C=O) groups is 2. The van der Waals surface area contributed by atoms with Crippen LogP contribution in [-0.4, -0.2) is 49.8 Å². The van der Waals surface area contributed by atoms with Crippen molar-refractivity contribution in [2.24, 2.45) is 0 Å². The number of carboxylic acids is 1. The minimum atomic E-state index is -1.04. The number of carbonyl (C=O) groups excluding carboxylic acids is 1. The highest BCUT2D eigenvalue weighted by Gasteiger charge is 2.26. The van der Waals surface area contributed by atoms with Gasteiger partial charge in [0, 0.05) is 36.9 Å². The summed E-state index contributed by atoms with van der Waals surface area (Å²) < 4.78 is 5.16. The summed E-state index contributed by atoms with van der Waals surface area (Å²) in [7, 11) is 1.57. The van der Waals surface area contributed by atoms with Gasteiger partial charge in [0.05, 0.1) is 24.0 Å². The second-order valence-electron chi connectivity index (χ2n) is 8.55. The minimum absolute atomic E-state index is 0.125. The number of methoxy groups -OCH3 is 1. The summed E-state index contributed by atoms with van der Waals surface area (Å²) >= 11 is 0. The van der Waals surface area contributed by atoms with Gasteiger partial charge in [0.1, 0.15) is 5.75 Å². The van der Waals surface area contributed by atoms with Crippen molar-refractivity contribution >= 4 is 28.9 Å². The third-order valence-electron chi connectivity index (χ3n) is 6.15. The number of nitrogens with zero attached hydrogens (tertiary/aromatic N) is 2. The Morgan fingerprint density at radius 3 is 2.38 bits per heavy atom. The Bertz CT molecular complexity index is 1190. The van der Waals surface area contributed by atoms with E-state index in [9.17, 15) is 14.7 Å². The van der Waals surface area contributed by atoms with E-state index in [0.29, 0.717) is 17.0 Å². The first-order chi connectivity index (χ1) is 16.4. The number of piperazine rings is 1. The lowest BCUT2D eigenvalue weighted by Crippen LogP contribution is -2.52. The lowest BCUT2D eigenvalue weighted by molar-refractivity contribution is 0.0696. The molecule has 0 saturated carbocycles. The van der Waals surface area contributed by atoms with E-state index in [2.05, 4.69) is 53.2 Å². The zero-order valence-corrected chi connectivity index (χ0v) is 19.6. The van der Waals surface area contributed by atoms with Gasteiger partial charge in [-0.15, -0.1) is 0 Å². The maximum atomic E-state index is 12.9. The second-order valence-corrected chi connectivity index (χ2v) is 8.55. The predicted octanol–water partition coefficient (Wildman–Crippen LogP) is 4.67. The molecule has 0 aliphatic carbocycles. The summed E-state index contributed by atoms with van der Waals surface area (Å²) in [5, 5.41) is 12.4. The number of nitrogens with one attached hydrogen (secondary N) is 1. The molecule has 1 aliphatic heterocycles. The number of hydrogen-bond donors (Lipinski definition) is 2. The molecule has 176 valence electrons. The highest BCUT2D eigenvalue weighted by molar-refractivity contribution is 6.06. The van der Waals surface area contributed by atoms with Gasteiger partial charge in [0.2, 0.25) is 0 Å². The monoisotopic (exact) mass is 459 g/mol. The molecule has 3 aromatic carbocycles. The van der Waals surface area contributed by atoms with Crippen LogP contribution in [0.15, 0.2) is 66.7 Å². The van der Waals surface area contributed by atoms with Gasteiger partial charge in [-0.3, -0.25) is 4.79 Å². The van der Waals surface area contributed by atoms with Crippen LogP contribution in [0.1, 0.15) is 33.2 Å². The second kappa shape index (κ2) is 9.87. The van der Waals surface area contributed by atoms with Crippen LogP contribution in [0.5, 0.6) is 5.75 Å². The zero-order chi connectivity index (χ0) is 24.2. The van der Waals surface area contributed by atoms with E-state index < -0.39 is 5.97 Å². The number of amides is 1. The Morgan fingerprint density at radius 1 is 1.00 bits per heavy atom. The first kappa shape index (κ1) is 23.2. The van der Waals surface area contributed by atoms with E-state index in [1.54, 1.807) is 43.5 Å². The number of aryl methyl sites for hydroxylation is 1. The van der Waals surface area contributed by atoms with Crippen molar-refractivity contribution in [2.75, 3.05) is 41.9 Å². The molecule has 1 atom stereocenters. The number of hydrogen-bond acceptors (Lipinski definition) is 5. The minimum Gasteiger partial charge on any atom is -0.497 e. The zero-order valence-electron chi connectivity index (χ0n) is 19.6. The number of carboxylic acid groups (broad SMARTS) is 1. The summed E-state index contributed by atoms with van der Waals surface area (Å²) in [6.45, 7) is 6.57. The molecule has 7 nitrogen and oxygen atoms in total. The Labute approximate surface area is 199 Å². The van der Waals surface area contributed by atoms with Gasteiger partial charge in [-0.05, 0) is 74.0 Å². The van der Waals surface area contributed by atoms with Gasteiger partial charge in [0.25, 0.3) is 5.91 Å². The summed E-state index contributed by atoms with van der Waals surface area (Å²) in [4.78, 5) is 29.1. The molecule has 1 amide bonds. The van der Waals surface area contributed by atoms with Crippen LogP contribution < -0.4 is 19.9 Å². The summed E-state index contributed by atoms with van der Waals surface area (Å²) in [5.41, 5.74) is 4.30. The topological polar surface area (TPSA) is 82.1 Å². The largest absolute Gasteiger partial charge is 0.497 e. The molecule has 0 bridgehead atoms. The molecule has 4 rings (SSSR count). The molecule has 0 radical (unpaired) electrons. The molecular formula is C27H29N3O4. The lowest BCUT2D eigenvalue weighted by Gasteiger charge is -2.43. The van der Waals surface area contributed by atoms with Crippen molar-refractivity contribution in [3.63, 3.8) is 0 Å². The summed E-state index contributed by atoms with van der Waals surface area (Å²) in [5.74, 6) is -0.687. The molecule has 3 aromatic rings. The Balaban J connectivity index is 1.58. The van der Waals surface area contributed by atoms with Crippen LogP contribution in [0.3, 0.4) is 0 Å². The Hall–Kier alpha value is -4.00. The first-order valence-corrected chi connectivity index (χ1v) is 11.3. The molecule has 7 heteroatoms. The van der Waals surface area contributed by atoms with Gasteiger partial charge in [-0.1, -0.05) is 12.1 Å². The molecule has 0 spiro atoms. The van der Waals surface area contributed by atoms with Crippen LogP contribution in [-0.2, 0) is 0 Å². The van der Waals surface area contributed by atoms with Crippen molar-refractivity contribution in [1.29, 1.82) is 0 Å².